The molecule has 2 aliphatic rings. The average molecular weight is 236 g/mol. The van der Waals surface area contributed by atoms with E-state index in [1.807, 2.05) is 11.0 Å². The number of ether oxygens (including phenoxy) is 1. The molecule has 0 radical (unpaired) electrons. The molecule has 2 heterocycles. The fraction of sp³-hybridized carbons (Fsp3) is 0.417. The lowest BCUT2D eigenvalue weighted by atomic mass is 10.1. The maximum absolute atomic E-state index is 13.2. The van der Waals surface area contributed by atoms with Gasteiger partial charge in [-0.2, -0.15) is 0 Å². The van der Waals surface area contributed by atoms with E-state index >= 15 is 0 Å². The minimum Gasteiger partial charge on any atom is -0.378 e. The summed E-state index contributed by atoms with van der Waals surface area (Å²) < 4.78 is 18.5. The van der Waals surface area contributed by atoms with E-state index in [1.54, 1.807) is 6.07 Å². The van der Waals surface area contributed by atoms with Crippen LogP contribution in [0.1, 0.15) is 11.7 Å². The normalized spacial score (nSPS) is 28.9. The fourth-order valence-corrected chi connectivity index (χ4v) is 2.42. The van der Waals surface area contributed by atoms with Gasteiger partial charge in [0, 0.05) is 6.54 Å². The summed E-state index contributed by atoms with van der Waals surface area (Å²) >= 11 is 0. The molecule has 2 fully saturated rings. The predicted octanol–water partition coefficient (Wildman–Crippen LogP) is 0.655. The van der Waals surface area contributed by atoms with Gasteiger partial charge in [0.05, 0.1) is 13.2 Å². The SMILES string of the molecule is O=C1N[C@@H](c2cccc(F)c2)N2CCOC[C@@H]12. The van der Waals surface area contributed by atoms with Crippen LogP contribution in [0.15, 0.2) is 24.3 Å². The zero-order chi connectivity index (χ0) is 11.8. The summed E-state index contributed by atoms with van der Waals surface area (Å²) in [5.74, 6) is -0.326. The Kier molecular flexibility index (Phi) is 2.57. The van der Waals surface area contributed by atoms with Gasteiger partial charge in [-0.1, -0.05) is 12.1 Å². The van der Waals surface area contributed by atoms with Gasteiger partial charge in [-0.05, 0) is 17.7 Å². The van der Waals surface area contributed by atoms with Crippen LogP contribution in [0.5, 0.6) is 0 Å². The van der Waals surface area contributed by atoms with E-state index in [0.29, 0.717) is 19.8 Å². The van der Waals surface area contributed by atoms with Crippen molar-refractivity contribution in [1.29, 1.82) is 0 Å². The van der Waals surface area contributed by atoms with E-state index in [9.17, 15) is 9.18 Å². The molecule has 0 saturated carbocycles. The summed E-state index contributed by atoms with van der Waals surface area (Å²) in [5, 5.41) is 2.88. The van der Waals surface area contributed by atoms with E-state index in [-0.39, 0.29) is 23.9 Å². The Labute approximate surface area is 98.4 Å². The number of hydrogen-bond acceptors (Lipinski definition) is 3. The van der Waals surface area contributed by atoms with Gasteiger partial charge in [0.15, 0.2) is 0 Å². The van der Waals surface area contributed by atoms with Gasteiger partial charge < -0.3 is 10.1 Å². The lowest BCUT2D eigenvalue weighted by Crippen LogP contribution is -2.44. The van der Waals surface area contributed by atoms with Crippen molar-refractivity contribution >= 4 is 5.91 Å². The van der Waals surface area contributed by atoms with Crippen molar-refractivity contribution in [2.24, 2.45) is 0 Å². The van der Waals surface area contributed by atoms with Crippen molar-refractivity contribution < 1.29 is 13.9 Å². The summed E-state index contributed by atoms with van der Waals surface area (Å²) in [6, 6.07) is 6.10. The third-order valence-electron chi connectivity index (χ3n) is 3.25. The summed E-state index contributed by atoms with van der Waals surface area (Å²) in [7, 11) is 0. The molecule has 1 amide bonds. The zero-order valence-electron chi connectivity index (χ0n) is 9.23. The van der Waals surface area contributed by atoms with Crippen molar-refractivity contribution in [3.63, 3.8) is 0 Å². The molecule has 17 heavy (non-hydrogen) atoms. The van der Waals surface area contributed by atoms with Crippen LogP contribution >= 0.6 is 0 Å². The standard InChI is InChI=1S/C12H13FN2O2/c13-9-3-1-2-8(6-9)11-14-12(16)10-7-17-5-4-15(10)11/h1-3,6,10-11H,4-5,7H2,(H,14,16)/t10-,11+/m0/s1. The molecule has 4 nitrogen and oxygen atoms in total. The average Bonchev–Trinajstić information content (AvgIpc) is 2.68. The molecule has 2 atom stereocenters. The molecule has 3 rings (SSSR count). The van der Waals surface area contributed by atoms with Crippen molar-refractivity contribution in [3.05, 3.63) is 35.6 Å². The van der Waals surface area contributed by atoms with E-state index in [2.05, 4.69) is 5.32 Å². The second-order valence-electron chi connectivity index (χ2n) is 4.29. The van der Waals surface area contributed by atoms with Gasteiger partial charge >= 0.3 is 0 Å². The first-order valence-corrected chi connectivity index (χ1v) is 5.65. The van der Waals surface area contributed by atoms with Crippen LogP contribution in [0.25, 0.3) is 0 Å². The fourth-order valence-electron chi connectivity index (χ4n) is 2.42. The molecule has 0 aromatic heterocycles. The van der Waals surface area contributed by atoms with E-state index < -0.39 is 0 Å². The smallest absolute Gasteiger partial charge is 0.241 e. The molecule has 2 saturated heterocycles. The molecule has 90 valence electrons. The number of nitrogens with zero attached hydrogens (tertiary/aromatic N) is 1. The van der Waals surface area contributed by atoms with Gasteiger partial charge in [0.25, 0.3) is 0 Å². The Hall–Kier alpha value is -1.46. The van der Waals surface area contributed by atoms with Crippen molar-refractivity contribution in [1.82, 2.24) is 10.2 Å². The summed E-state index contributed by atoms with van der Waals surface area (Å²) in [4.78, 5) is 13.8. The minimum atomic E-state index is -0.284. The highest BCUT2D eigenvalue weighted by atomic mass is 19.1. The molecule has 0 unspecified atom stereocenters. The Morgan fingerprint density at radius 1 is 1.47 bits per heavy atom. The minimum absolute atomic E-state index is 0.0426. The number of amides is 1. The first kappa shape index (κ1) is 10.7. The van der Waals surface area contributed by atoms with Crippen LogP contribution in [-0.2, 0) is 9.53 Å². The Bertz CT molecular complexity index is 452. The number of carbonyl (C=O) groups excluding carboxylic acids is 1. The van der Waals surface area contributed by atoms with Gasteiger partial charge in [-0.3, -0.25) is 9.69 Å². The molecular weight excluding hydrogens is 223 g/mol. The van der Waals surface area contributed by atoms with Gasteiger partial charge in [-0.15, -0.1) is 0 Å². The molecule has 0 aliphatic carbocycles. The van der Waals surface area contributed by atoms with Crippen LogP contribution in [0.4, 0.5) is 4.39 Å². The van der Waals surface area contributed by atoms with Crippen molar-refractivity contribution in [2.75, 3.05) is 19.8 Å². The first-order chi connectivity index (χ1) is 8.25. The van der Waals surface area contributed by atoms with Crippen LogP contribution in [0.3, 0.4) is 0 Å². The third kappa shape index (κ3) is 1.81. The van der Waals surface area contributed by atoms with Gasteiger partial charge in [0.2, 0.25) is 5.91 Å². The van der Waals surface area contributed by atoms with E-state index in [4.69, 9.17) is 4.74 Å². The largest absolute Gasteiger partial charge is 0.378 e. The Morgan fingerprint density at radius 2 is 2.35 bits per heavy atom. The van der Waals surface area contributed by atoms with Crippen molar-refractivity contribution in [3.8, 4) is 0 Å². The van der Waals surface area contributed by atoms with Crippen LogP contribution in [-0.4, -0.2) is 36.6 Å². The molecule has 2 aliphatic heterocycles. The zero-order valence-corrected chi connectivity index (χ0v) is 9.23. The number of nitrogens with one attached hydrogen (secondary N) is 1. The van der Waals surface area contributed by atoms with Gasteiger partial charge in [0.1, 0.15) is 18.0 Å². The summed E-state index contributed by atoms with van der Waals surface area (Å²) in [6.45, 7) is 1.71. The van der Waals surface area contributed by atoms with Gasteiger partial charge in [-0.25, -0.2) is 4.39 Å². The van der Waals surface area contributed by atoms with E-state index in [0.717, 1.165) is 5.56 Å². The second-order valence-corrected chi connectivity index (χ2v) is 4.29. The molecule has 1 aromatic rings. The predicted molar refractivity (Wildman–Crippen MR) is 58.6 cm³/mol. The number of benzene rings is 1. The highest BCUT2D eigenvalue weighted by Gasteiger charge is 2.42. The molecular formula is C12H13FN2O2. The molecule has 1 aromatic carbocycles. The summed E-state index contributed by atoms with van der Waals surface area (Å²) in [6.07, 6.45) is -0.230. The van der Waals surface area contributed by atoms with Crippen LogP contribution in [0.2, 0.25) is 0 Å². The van der Waals surface area contributed by atoms with Crippen LogP contribution < -0.4 is 5.32 Å². The quantitative estimate of drug-likeness (QED) is 0.778. The monoisotopic (exact) mass is 236 g/mol. The van der Waals surface area contributed by atoms with E-state index in [1.165, 1.54) is 12.1 Å². The van der Waals surface area contributed by atoms with Crippen molar-refractivity contribution in [2.45, 2.75) is 12.2 Å². The first-order valence-electron chi connectivity index (χ1n) is 5.65. The number of rotatable bonds is 1. The highest BCUT2D eigenvalue weighted by Crippen LogP contribution is 2.28. The summed E-state index contributed by atoms with van der Waals surface area (Å²) in [5.41, 5.74) is 0.780. The lowest BCUT2D eigenvalue weighted by molar-refractivity contribution is -0.125. The van der Waals surface area contributed by atoms with Crippen LogP contribution in [0, 0.1) is 5.82 Å². The number of hydrogen-bond donors (Lipinski definition) is 1. The third-order valence-corrected chi connectivity index (χ3v) is 3.25. The molecule has 0 spiro atoms. The lowest BCUT2D eigenvalue weighted by Gasteiger charge is -2.31. The number of morpholine rings is 1. The second kappa shape index (κ2) is 4.09. The number of carbonyl (C=O) groups is 1. The number of halogens is 1. The molecule has 0 bridgehead atoms. The maximum atomic E-state index is 13.2. The maximum Gasteiger partial charge on any atom is 0.241 e. The number of fused-ring (bicyclic) bond motifs is 1. The Balaban J connectivity index is 1.91. The topological polar surface area (TPSA) is 41.6 Å². The Morgan fingerprint density at radius 3 is 3.18 bits per heavy atom. The highest BCUT2D eigenvalue weighted by molar-refractivity contribution is 5.84. The molecule has 1 N–H and O–H groups in total. The molecule has 5 heteroatoms.